The SMILES string of the molecule is CNC(=O)C1CCCCN1C(=O)CCCl. The zero-order chi connectivity index (χ0) is 11.3. The van der Waals surface area contributed by atoms with E-state index in [2.05, 4.69) is 5.32 Å². The van der Waals surface area contributed by atoms with Crippen LogP contribution in [0.25, 0.3) is 0 Å². The van der Waals surface area contributed by atoms with Gasteiger partial charge in [-0.2, -0.15) is 0 Å². The first-order chi connectivity index (χ1) is 7.20. The summed E-state index contributed by atoms with van der Waals surface area (Å²) in [6.45, 7) is 0.674. The Morgan fingerprint density at radius 2 is 2.20 bits per heavy atom. The van der Waals surface area contributed by atoms with Crippen LogP contribution < -0.4 is 5.32 Å². The number of likely N-dealkylation sites (N-methyl/N-ethyl adjacent to an activating group) is 1. The lowest BCUT2D eigenvalue weighted by atomic mass is 10.0. The molecule has 1 atom stereocenters. The van der Waals surface area contributed by atoms with Gasteiger partial charge in [0.15, 0.2) is 0 Å². The fraction of sp³-hybridized carbons (Fsp3) is 0.800. The molecule has 1 unspecified atom stereocenters. The van der Waals surface area contributed by atoms with Crippen LogP contribution in [0.4, 0.5) is 0 Å². The number of amides is 2. The van der Waals surface area contributed by atoms with E-state index < -0.39 is 0 Å². The van der Waals surface area contributed by atoms with Gasteiger partial charge in [-0.25, -0.2) is 0 Å². The molecule has 1 heterocycles. The third-order valence-electron chi connectivity index (χ3n) is 2.68. The predicted molar refractivity (Wildman–Crippen MR) is 58.8 cm³/mol. The van der Waals surface area contributed by atoms with Crippen molar-refractivity contribution in [3.8, 4) is 0 Å². The number of piperidine rings is 1. The van der Waals surface area contributed by atoms with Gasteiger partial charge in [-0.3, -0.25) is 9.59 Å². The van der Waals surface area contributed by atoms with Crippen LogP contribution in [-0.4, -0.2) is 42.2 Å². The number of carbonyl (C=O) groups excluding carboxylic acids is 2. The van der Waals surface area contributed by atoms with Crippen molar-refractivity contribution in [1.29, 1.82) is 0 Å². The van der Waals surface area contributed by atoms with E-state index in [1.54, 1.807) is 11.9 Å². The maximum Gasteiger partial charge on any atom is 0.242 e. The van der Waals surface area contributed by atoms with Crippen LogP contribution in [0.3, 0.4) is 0 Å². The molecule has 15 heavy (non-hydrogen) atoms. The minimum atomic E-state index is -0.292. The molecule has 0 saturated carbocycles. The van der Waals surface area contributed by atoms with Crippen molar-refractivity contribution < 1.29 is 9.59 Å². The number of hydrogen-bond acceptors (Lipinski definition) is 2. The summed E-state index contributed by atoms with van der Waals surface area (Å²) < 4.78 is 0. The third kappa shape index (κ3) is 3.09. The second-order valence-electron chi connectivity index (χ2n) is 3.65. The van der Waals surface area contributed by atoms with Gasteiger partial charge in [0.1, 0.15) is 6.04 Å². The molecule has 1 saturated heterocycles. The van der Waals surface area contributed by atoms with Gasteiger partial charge in [0.05, 0.1) is 0 Å². The summed E-state index contributed by atoms with van der Waals surface area (Å²) in [7, 11) is 1.60. The van der Waals surface area contributed by atoms with E-state index in [9.17, 15) is 9.59 Å². The molecule has 1 fully saturated rings. The first kappa shape index (κ1) is 12.3. The monoisotopic (exact) mass is 232 g/mol. The lowest BCUT2D eigenvalue weighted by molar-refractivity contribution is -0.141. The largest absolute Gasteiger partial charge is 0.357 e. The second kappa shape index (κ2) is 5.95. The first-order valence-corrected chi connectivity index (χ1v) is 5.81. The number of rotatable bonds is 3. The van der Waals surface area contributed by atoms with Gasteiger partial charge in [0, 0.05) is 25.9 Å². The van der Waals surface area contributed by atoms with Crippen LogP contribution in [0.2, 0.25) is 0 Å². The average Bonchev–Trinajstić information content (AvgIpc) is 2.28. The van der Waals surface area contributed by atoms with Crippen LogP contribution >= 0.6 is 11.6 Å². The van der Waals surface area contributed by atoms with Gasteiger partial charge in [-0.1, -0.05) is 0 Å². The van der Waals surface area contributed by atoms with E-state index in [4.69, 9.17) is 11.6 Å². The van der Waals surface area contributed by atoms with Crippen molar-refractivity contribution >= 4 is 23.4 Å². The molecule has 0 aliphatic carbocycles. The maximum absolute atomic E-state index is 11.7. The van der Waals surface area contributed by atoms with Crippen LogP contribution in [0.5, 0.6) is 0 Å². The molecule has 86 valence electrons. The Morgan fingerprint density at radius 1 is 1.47 bits per heavy atom. The second-order valence-corrected chi connectivity index (χ2v) is 4.03. The highest BCUT2D eigenvalue weighted by Gasteiger charge is 2.30. The number of nitrogens with one attached hydrogen (secondary N) is 1. The predicted octanol–water partition coefficient (Wildman–Crippen LogP) is 0.742. The maximum atomic E-state index is 11.7. The molecular weight excluding hydrogens is 216 g/mol. The van der Waals surface area contributed by atoms with Gasteiger partial charge in [0.2, 0.25) is 11.8 Å². The van der Waals surface area contributed by atoms with Crippen molar-refractivity contribution in [2.45, 2.75) is 31.7 Å². The summed E-state index contributed by atoms with van der Waals surface area (Å²) in [5.41, 5.74) is 0. The molecule has 0 aromatic rings. The first-order valence-electron chi connectivity index (χ1n) is 5.27. The number of carbonyl (C=O) groups is 2. The number of likely N-dealkylation sites (tertiary alicyclic amines) is 1. The van der Waals surface area contributed by atoms with E-state index in [0.29, 0.717) is 18.8 Å². The summed E-state index contributed by atoms with van der Waals surface area (Å²) in [6, 6.07) is -0.292. The minimum absolute atomic E-state index is 0.0155. The van der Waals surface area contributed by atoms with Crippen LogP contribution in [0.1, 0.15) is 25.7 Å². The molecule has 0 radical (unpaired) electrons. The highest BCUT2D eigenvalue weighted by Crippen LogP contribution is 2.18. The average molecular weight is 233 g/mol. The van der Waals surface area contributed by atoms with Gasteiger partial charge < -0.3 is 10.2 Å². The molecule has 1 aliphatic heterocycles. The topological polar surface area (TPSA) is 49.4 Å². The summed E-state index contributed by atoms with van der Waals surface area (Å²) >= 11 is 5.53. The Labute approximate surface area is 95.0 Å². The molecule has 5 heteroatoms. The molecule has 0 aromatic carbocycles. The lowest BCUT2D eigenvalue weighted by Crippen LogP contribution is -2.51. The molecule has 0 bridgehead atoms. The van der Waals surface area contributed by atoms with E-state index in [1.165, 1.54) is 0 Å². The Morgan fingerprint density at radius 3 is 2.80 bits per heavy atom. The molecule has 1 N–H and O–H groups in total. The molecule has 1 rings (SSSR count). The summed E-state index contributed by atoms with van der Waals surface area (Å²) in [5.74, 6) is 0.228. The molecule has 0 spiro atoms. The smallest absolute Gasteiger partial charge is 0.242 e. The molecule has 2 amide bonds. The van der Waals surface area contributed by atoms with Crippen molar-refractivity contribution in [3.05, 3.63) is 0 Å². The van der Waals surface area contributed by atoms with E-state index in [0.717, 1.165) is 19.3 Å². The number of alkyl halides is 1. The Bertz CT molecular complexity index is 246. The van der Waals surface area contributed by atoms with Crippen molar-refractivity contribution in [1.82, 2.24) is 10.2 Å². The van der Waals surface area contributed by atoms with Crippen molar-refractivity contribution in [2.75, 3.05) is 19.5 Å². The Balaban J connectivity index is 2.65. The highest BCUT2D eigenvalue weighted by molar-refractivity contribution is 6.19. The Hall–Kier alpha value is -0.770. The normalized spacial score (nSPS) is 21.2. The standard InChI is InChI=1S/C10H17ClN2O2/c1-12-10(15)8-4-2-3-7-13(8)9(14)5-6-11/h8H,2-7H2,1H3,(H,12,15). The van der Waals surface area contributed by atoms with Gasteiger partial charge >= 0.3 is 0 Å². The fourth-order valence-corrected chi connectivity index (χ4v) is 2.06. The zero-order valence-electron chi connectivity index (χ0n) is 8.96. The number of hydrogen-bond donors (Lipinski definition) is 1. The summed E-state index contributed by atoms with van der Waals surface area (Å²) in [4.78, 5) is 24.9. The highest BCUT2D eigenvalue weighted by atomic mass is 35.5. The number of nitrogens with zero attached hydrogens (tertiary/aromatic N) is 1. The lowest BCUT2D eigenvalue weighted by Gasteiger charge is -2.34. The zero-order valence-corrected chi connectivity index (χ0v) is 9.72. The molecule has 1 aliphatic rings. The Kier molecular flexibility index (Phi) is 4.88. The fourth-order valence-electron chi connectivity index (χ4n) is 1.89. The quantitative estimate of drug-likeness (QED) is 0.730. The van der Waals surface area contributed by atoms with Gasteiger partial charge in [0.25, 0.3) is 0 Å². The van der Waals surface area contributed by atoms with Crippen LogP contribution in [-0.2, 0) is 9.59 Å². The third-order valence-corrected chi connectivity index (χ3v) is 2.87. The molecule has 0 aromatic heterocycles. The van der Waals surface area contributed by atoms with Gasteiger partial charge in [-0.15, -0.1) is 11.6 Å². The minimum Gasteiger partial charge on any atom is -0.357 e. The van der Waals surface area contributed by atoms with Crippen molar-refractivity contribution in [2.24, 2.45) is 0 Å². The summed E-state index contributed by atoms with van der Waals surface area (Å²) in [6.07, 6.45) is 3.05. The van der Waals surface area contributed by atoms with Crippen molar-refractivity contribution in [3.63, 3.8) is 0 Å². The summed E-state index contributed by atoms with van der Waals surface area (Å²) in [5, 5.41) is 2.60. The molecular formula is C10H17ClN2O2. The van der Waals surface area contributed by atoms with Gasteiger partial charge in [-0.05, 0) is 19.3 Å². The number of halogens is 1. The van der Waals surface area contributed by atoms with E-state index >= 15 is 0 Å². The van der Waals surface area contributed by atoms with E-state index in [1.807, 2.05) is 0 Å². The van der Waals surface area contributed by atoms with Crippen LogP contribution in [0.15, 0.2) is 0 Å². The van der Waals surface area contributed by atoms with Crippen LogP contribution in [0, 0.1) is 0 Å². The molecule has 4 nitrogen and oxygen atoms in total. The van der Waals surface area contributed by atoms with E-state index in [-0.39, 0.29) is 17.9 Å².